The summed E-state index contributed by atoms with van der Waals surface area (Å²) in [5.41, 5.74) is 1.22. The number of hydrogen-bond donors (Lipinski definition) is 2. The van der Waals surface area contributed by atoms with Gasteiger partial charge >= 0.3 is 0 Å². The molecule has 0 bridgehead atoms. The van der Waals surface area contributed by atoms with Gasteiger partial charge in [-0.25, -0.2) is 18.1 Å². The minimum Gasteiger partial charge on any atom is -0.493 e. The van der Waals surface area contributed by atoms with E-state index in [-0.39, 0.29) is 10.2 Å². The van der Waals surface area contributed by atoms with E-state index in [4.69, 9.17) is 21.1 Å². The lowest BCUT2D eigenvalue weighted by Gasteiger charge is -2.13. The van der Waals surface area contributed by atoms with Crippen molar-refractivity contribution in [3.8, 4) is 11.5 Å². The van der Waals surface area contributed by atoms with Crippen LogP contribution in [0.25, 0.3) is 10.9 Å². The zero-order chi connectivity index (χ0) is 20.3. The smallest absolute Gasteiger partial charge is 0.240 e. The molecule has 3 aromatic rings. The van der Waals surface area contributed by atoms with E-state index in [1.165, 1.54) is 26.4 Å². The van der Waals surface area contributed by atoms with Gasteiger partial charge in [0.1, 0.15) is 5.82 Å². The maximum absolute atomic E-state index is 12.1. The van der Waals surface area contributed by atoms with Gasteiger partial charge in [-0.05, 0) is 41.9 Å². The number of nitrogens with zero attached hydrogens (tertiary/aromatic N) is 2. The fourth-order valence-corrected chi connectivity index (χ4v) is 3.87. The van der Waals surface area contributed by atoms with Crippen molar-refractivity contribution in [2.24, 2.45) is 0 Å². The van der Waals surface area contributed by atoms with Crippen LogP contribution >= 0.6 is 11.6 Å². The zero-order valence-corrected chi connectivity index (χ0v) is 17.1. The van der Waals surface area contributed by atoms with Gasteiger partial charge in [-0.15, -0.1) is 0 Å². The normalized spacial score (nSPS) is 11.4. The molecular weight excluding hydrogens is 404 g/mol. The lowest BCUT2D eigenvalue weighted by molar-refractivity contribution is 0.356. The minimum absolute atomic E-state index is 0.0635. The predicted octanol–water partition coefficient (Wildman–Crippen LogP) is 3.34. The Morgan fingerprint density at radius 3 is 2.29 bits per heavy atom. The lowest BCUT2D eigenvalue weighted by atomic mass is 10.2. The van der Waals surface area contributed by atoms with E-state index in [0.29, 0.717) is 40.5 Å². The summed E-state index contributed by atoms with van der Waals surface area (Å²) >= 11 is 6.06. The minimum atomic E-state index is -3.51. The molecule has 2 N–H and O–H groups in total. The predicted molar refractivity (Wildman–Crippen MR) is 108 cm³/mol. The van der Waals surface area contributed by atoms with Crippen LogP contribution < -0.4 is 19.5 Å². The summed E-state index contributed by atoms with van der Waals surface area (Å²) in [7, 11) is -0.438. The van der Waals surface area contributed by atoms with Crippen LogP contribution in [0.2, 0.25) is 5.28 Å². The Kier molecular flexibility index (Phi) is 5.87. The number of halogens is 1. The first-order valence-electron chi connectivity index (χ1n) is 8.34. The third-order valence-electron chi connectivity index (χ3n) is 3.94. The number of methoxy groups -OCH3 is 2. The molecule has 148 valence electrons. The van der Waals surface area contributed by atoms with Crippen LogP contribution in [-0.2, 0) is 10.0 Å². The van der Waals surface area contributed by atoms with Gasteiger partial charge < -0.3 is 14.8 Å². The molecule has 0 aliphatic rings. The van der Waals surface area contributed by atoms with E-state index in [0.717, 1.165) is 0 Å². The third-order valence-corrected chi connectivity index (χ3v) is 5.67. The van der Waals surface area contributed by atoms with E-state index < -0.39 is 10.0 Å². The Morgan fingerprint density at radius 1 is 1.04 bits per heavy atom. The number of sulfonamides is 1. The van der Waals surface area contributed by atoms with Crippen LogP contribution in [0, 0.1) is 0 Å². The van der Waals surface area contributed by atoms with E-state index in [2.05, 4.69) is 20.0 Å². The van der Waals surface area contributed by atoms with Gasteiger partial charge in [0.25, 0.3) is 0 Å². The molecule has 0 fully saturated rings. The highest BCUT2D eigenvalue weighted by Gasteiger charge is 2.15. The number of anilines is 2. The molecule has 28 heavy (non-hydrogen) atoms. The Morgan fingerprint density at radius 2 is 1.68 bits per heavy atom. The molecule has 0 saturated carbocycles. The lowest BCUT2D eigenvalue weighted by Crippen LogP contribution is -2.22. The van der Waals surface area contributed by atoms with Gasteiger partial charge in [-0.3, -0.25) is 0 Å². The molecule has 2 aromatic carbocycles. The number of benzene rings is 2. The molecule has 1 heterocycles. The Labute approximate surface area is 167 Å². The summed E-state index contributed by atoms with van der Waals surface area (Å²) in [4.78, 5) is 8.64. The molecule has 0 saturated heterocycles. The van der Waals surface area contributed by atoms with Crippen LogP contribution in [0.3, 0.4) is 0 Å². The number of fused-ring (bicyclic) bond motifs is 1. The highest BCUT2D eigenvalue weighted by Crippen LogP contribution is 2.35. The maximum atomic E-state index is 12.1. The van der Waals surface area contributed by atoms with Gasteiger partial charge in [0.05, 0.1) is 24.6 Å². The topological polar surface area (TPSA) is 102 Å². The van der Waals surface area contributed by atoms with Crippen LogP contribution in [0.1, 0.15) is 6.92 Å². The zero-order valence-electron chi connectivity index (χ0n) is 15.5. The molecule has 0 aliphatic heterocycles. The molecule has 0 spiro atoms. The summed E-state index contributed by atoms with van der Waals surface area (Å²) in [6.07, 6.45) is 0. The summed E-state index contributed by atoms with van der Waals surface area (Å²) in [6.45, 7) is 2.04. The number of nitrogens with one attached hydrogen (secondary N) is 2. The van der Waals surface area contributed by atoms with Crippen molar-refractivity contribution in [2.75, 3.05) is 26.1 Å². The standard InChI is InChI=1S/C18H19ClN4O4S/c1-4-20-28(24,25)12-7-5-11(6-8-12)21-17-13-9-15(26-2)16(27-3)10-14(13)22-18(19)23-17/h5-10,20H,4H2,1-3H3,(H,21,22,23). The fraction of sp³-hybridized carbons (Fsp3) is 0.222. The molecule has 10 heteroatoms. The van der Waals surface area contributed by atoms with Crippen molar-refractivity contribution in [1.29, 1.82) is 0 Å². The second-order valence-corrected chi connectivity index (χ2v) is 7.82. The number of aromatic nitrogens is 2. The Hall–Kier alpha value is -2.62. The second kappa shape index (κ2) is 8.17. The first-order valence-corrected chi connectivity index (χ1v) is 10.2. The Balaban J connectivity index is 2.00. The first-order chi connectivity index (χ1) is 13.4. The average molecular weight is 423 g/mol. The van der Waals surface area contributed by atoms with Crippen LogP contribution in [0.4, 0.5) is 11.5 Å². The van der Waals surface area contributed by atoms with Gasteiger partial charge in [0.15, 0.2) is 11.5 Å². The highest BCUT2D eigenvalue weighted by atomic mass is 35.5. The highest BCUT2D eigenvalue weighted by molar-refractivity contribution is 7.89. The molecule has 0 aliphatic carbocycles. The van der Waals surface area contributed by atoms with Crippen LogP contribution in [-0.4, -0.2) is 39.2 Å². The van der Waals surface area contributed by atoms with E-state index >= 15 is 0 Å². The summed E-state index contributed by atoms with van der Waals surface area (Å²) in [6, 6.07) is 9.76. The molecule has 0 radical (unpaired) electrons. The van der Waals surface area contributed by atoms with Crippen molar-refractivity contribution in [2.45, 2.75) is 11.8 Å². The summed E-state index contributed by atoms with van der Waals surface area (Å²) < 4.78 is 37.2. The third kappa shape index (κ3) is 4.11. The van der Waals surface area contributed by atoms with Crippen molar-refractivity contribution in [3.63, 3.8) is 0 Å². The van der Waals surface area contributed by atoms with Gasteiger partial charge in [0, 0.05) is 23.7 Å². The van der Waals surface area contributed by atoms with E-state index in [1.807, 2.05) is 0 Å². The molecule has 1 aromatic heterocycles. The quantitative estimate of drug-likeness (QED) is 0.563. The molecule has 0 amide bonds. The van der Waals surface area contributed by atoms with Crippen LogP contribution in [0.15, 0.2) is 41.3 Å². The average Bonchev–Trinajstić information content (AvgIpc) is 2.67. The van der Waals surface area contributed by atoms with E-state index in [9.17, 15) is 8.42 Å². The summed E-state index contributed by atoms with van der Waals surface area (Å²) in [5, 5.41) is 3.88. The number of ether oxygens (including phenoxy) is 2. The maximum Gasteiger partial charge on any atom is 0.240 e. The SMILES string of the molecule is CCNS(=O)(=O)c1ccc(Nc2nc(Cl)nc3cc(OC)c(OC)cc23)cc1. The molecule has 8 nitrogen and oxygen atoms in total. The largest absolute Gasteiger partial charge is 0.493 e. The first kappa shape index (κ1) is 20.1. The number of hydrogen-bond acceptors (Lipinski definition) is 7. The second-order valence-electron chi connectivity index (χ2n) is 5.72. The van der Waals surface area contributed by atoms with E-state index in [1.54, 1.807) is 31.2 Å². The fourth-order valence-electron chi connectivity index (χ4n) is 2.65. The number of rotatable bonds is 7. The van der Waals surface area contributed by atoms with Gasteiger partial charge in [-0.2, -0.15) is 4.98 Å². The van der Waals surface area contributed by atoms with Gasteiger partial charge in [0.2, 0.25) is 15.3 Å². The Bertz CT molecular complexity index is 1100. The van der Waals surface area contributed by atoms with Crippen molar-refractivity contribution in [3.05, 3.63) is 41.7 Å². The van der Waals surface area contributed by atoms with Crippen LogP contribution in [0.5, 0.6) is 11.5 Å². The monoisotopic (exact) mass is 422 g/mol. The summed E-state index contributed by atoms with van der Waals surface area (Å²) in [5.74, 6) is 1.50. The molecular formula is C18H19ClN4O4S. The van der Waals surface area contributed by atoms with Gasteiger partial charge in [-0.1, -0.05) is 6.92 Å². The van der Waals surface area contributed by atoms with Crippen molar-refractivity contribution in [1.82, 2.24) is 14.7 Å². The molecule has 0 atom stereocenters. The van der Waals surface area contributed by atoms with Crippen molar-refractivity contribution < 1.29 is 17.9 Å². The van der Waals surface area contributed by atoms with Crippen molar-refractivity contribution >= 4 is 44.0 Å². The molecule has 0 unspecified atom stereocenters. The molecule has 3 rings (SSSR count).